The predicted molar refractivity (Wildman–Crippen MR) is 110 cm³/mol. The van der Waals surface area contributed by atoms with Crippen LogP contribution in [0.1, 0.15) is 59.8 Å². The Labute approximate surface area is 174 Å². The molecule has 1 aliphatic rings. The van der Waals surface area contributed by atoms with E-state index in [9.17, 15) is 19.8 Å². The van der Waals surface area contributed by atoms with Crippen LogP contribution >= 0.6 is 0 Å². The first-order chi connectivity index (χ1) is 13.7. The van der Waals surface area contributed by atoms with Crippen LogP contribution in [0.15, 0.2) is 0 Å². The van der Waals surface area contributed by atoms with Crippen molar-refractivity contribution >= 4 is 11.8 Å². The fraction of sp³-hybridized carbons (Fsp3) is 0.905. The van der Waals surface area contributed by atoms with Gasteiger partial charge in [-0.1, -0.05) is 27.7 Å². The summed E-state index contributed by atoms with van der Waals surface area (Å²) in [5.74, 6) is -0.347. The minimum Gasteiger partial charge on any atom is -0.462 e. The molecular weight excluding hydrogens is 376 g/mol. The van der Waals surface area contributed by atoms with Gasteiger partial charge in [0.2, 0.25) is 0 Å². The van der Waals surface area contributed by atoms with Gasteiger partial charge in [-0.05, 0) is 50.1 Å². The van der Waals surface area contributed by atoms with E-state index in [-0.39, 0.29) is 43.1 Å². The zero-order valence-electron chi connectivity index (χ0n) is 18.3. The minimum atomic E-state index is -1.48. The Morgan fingerprint density at radius 3 is 2.55 bits per heavy atom. The lowest BCUT2D eigenvalue weighted by molar-refractivity contribution is -0.197. The van der Waals surface area contributed by atoms with Crippen LogP contribution in [0.25, 0.3) is 0 Å². The Morgan fingerprint density at radius 1 is 1.24 bits per heavy atom. The number of Topliss-reactive ketones (excluding diaryl/α,β-unsaturated/α-hetero) is 1. The van der Waals surface area contributed by atoms with Gasteiger partial charge in [-0.25, -0.2) is 0 Å². The van der Waals surface area contributed by atoms with E-state index in [1.807, 2.05) is 13.8 Å². The molecule has 0 aromatic carbocycles. The van der Waals surface area contributed by atoms with Crippen LogP contribution in [-0.4, -0.2) is 66.2 Å². The third-order valence-corrected chi connectivity index (χ3v) is 5.65. The number of cyclic esters (lactones) is 1. The molecule has 1 heterocycles. The van der Waals surface area contributed by atoms with Crippen molar-refractivity contribution in [3.05, 3.63) is 0 Å². The molecule has 2 unspecified atom stereocenters. The number of nitrogens with two attached hydrogens (primary N) is 1. The number of carbonyl (C=O) groups is 2. The molecule has 0 aromatic rings. The summed E-state index contributed by atoms with van der Waals surface area (Å²) < 4.78 is 11.1. The van der Waals surface area contributed by atoms with Crippen LogP contribution in [-0.2, 0) is 19.1 Å². The second-order valence-corrected chi connectivity index (χ2v) is 8.51. The van der Waals surface area contributed by atoms with Crippen LogP contribution < -0.4 is 11.1 Å². The highest BCUT2D eigenvalue weighted by atomic mass is 16.6. The van der Waals surface area contributed by atoms with E-state index >= 15 is 0 Å². The zero-order chi connectivity index (χ0) is 22.0. The van der Waals surface area contributed by atoms with Crippen molar-refractivity contribution in [1.82, 2.24) is 5.32 Å². The summed E-state index contributed by atoms with van der Waals surface area (Å²) in [6, 6.07) is 0. The molecule has 8 heteroatoms. The van der Waals surface area contributed by atoms with Crippen molar-refractivity contribution in [2.24, 2.45) is 23.5 Å². The molecule has 1 saturated heterocycles. The third kappa shape index (κ3) is 9.53. The number of hydrogen-bond donors (Lipinski definition) is 4. The van der Waals surface area contributed by atoms with E-state index in [0.717, 1.165) is 25.9 Å². The van der Waals surface area contributed by atoms with Gasteiger partial charge in [-0.3, -0.25) is 9.59 Å². The Bertz CT molecular complexity index is 504. The lowest BCUT2D eigenvalue weighted by atomic mass is 9.89. The molecule has 5 N–H and O–H groups in total. The van der Waals surface area contributed by atoms with Crippen LogP contribution in [0.3, 0.4) is 0 Å². The number of aliphatic hydroxyl groups excluding tert-OH is 2. The molecule has 0 amide bonds. The number of ketones is 1. The first-order valence-electron chi connectivity index (χ1n) is 10.8. The Morgan fingerprint density at radius 2 is 1.93 bits per heavy atom. The number of hydrogen-bond acceptors (Lipinski definition) is 8. The average molecular weight is 417 g/mol. The normalized spacial score (nSPS) is 33.3. The molecule has 29 heavy (non-hydrogen) atoms. The molecule has 0 radical (unpaired) electrons. The Balaban J connectivity index is 2.92. The maximum absolute atomic E-state index is 12.5. The smallest absolute Gasteiger partial charge is 0.313 e. The quantitative estimate of drug-likeness (QED) is 0.296. The van der Waals surface area contributed by atoms with Gasteiger partial charge in [0.05, 0.1) is 6.10 Å². The topological polar surface area (TPSA) is 131 Å². The van der Waals surface area contributed by atoms with E-state index in [2.05, 4.69) is 19.2 Å². The third-order valence-electron chi connectivity index (χ3n) is 5.65. The second-order valence-electron chi connectivity index (χ2n) is 8.51. The number of ether oxygens (including phenoxy) is 2. The monoisotopic (exact) mass is 416 g/mol. The minimum absolute atomic E-state index is 0.0306. The second kappa shape index (κ2) is 13.3. The average Bonchev–Trinajstić information content (AvgIpc) is 2.67. The first kappa shape index (κ1) is 26.0. The van der Waals surface area contributed by atoms with Crippen molar-refractivity contribution in [3.63, 3.8) is 0 Å². The Hall–Kier alpha value is -1.06. The van der Waals surface area contributed by atoms with Gasteiger partial charge < -0.3 is 30.7 Å². The van der Waals surface area contributed by atoms with Gasteiger partial charge in [0.1, 0.15) is 24.4 Å². The van der Waals surface area contributed by atoms with Gasteiger partial charge in [-0.2, -0.15) is 0 Å². The van der Waals surface area contributed by atoms with Crippen molar-refractivity contribution in [1.29, 1.82) is 0 Å². The highest BCUT2D eigenvalue weighted by Crippen LogP contribution is 2.23. The molecule has 170 valence electrons. The van der Waals surface area contributed by atoms with Crippen LogP contribution in [0.2, 0.25) is 0 Å². The number of rotatable bonds is 5. The van der Waals surface area contributed by atoms with E-state index < -0.39 is 24.5 Å². The molecule has 0 spiro atoms. The lowest BCUT2D eigenvalue weighted by Gasteiger charge is -2.29. The summed E-state index contributed by atoms with van der Waals surface area (Å²) in [6.45, 7) is 9.59. The molecule has 1 rings (SSSR count). The number of nitrogens with one attached hydrogen (secondary N) is 1. The standard InChI is InChI=1S/C21H40N2O6/c1-5-18-14(3)6-7-23-12-13(2)8-15(4)19(29-21(27)17(25)11-22)9-16(24)10-20(26)28-18/h13-15,17-19,21,23,25,27H,5-12,22H2,1-4H3/t13-,14-,15+,17?,18-,19-,21?/m1/s1. The maximum Gasteiger partial charge on any atom is 0.313 e. The fourth-order valence-corrected chi connectivity index (χ4v) is 3.77. The summed E-state index contributed by atoms with van der Waals surface area (Å²) in [7, 11) is 0. The maximum atomic E-state index is 12.5. The number of carbonyl (C=O) groups excluding carboxylic acids is 2. The highest BCUT2D eigenvalue weighted by Gasteiger charge is 2.29. The van der Waals surface area contributed by atoms with Gasteiger partial charge in [-0.15, -0.1) is 0 Å². The molecule has 1 fully saturated rings. The predicted octanol–water partition coefficient (Wildman–Crippen LogP) is 0.972. The molecular formula is C21H40N2O6. The molecule has 0 saturated carbocycles. The SMILES string of the molecule is CC[C@H]1OC(=O)CC(=O)C[C@@H](OC(O)C(O)CN)[C@@H](C)C[C@@H](C)CNCC[C@H]1C. The molecule has 1 aliphatic heterocycles. The van der Waals surface area contributed by atoms with Gasteiger partial charge in [0.25, 0.3) is 0 Å². The highest BCUT2D eigenvalue weighted by molar-refractivity contribution is 5.95. The van der Waals surface area contributed by atoms with E-state index in [1.54, 1.807) is 0 Å². The molecule has 0 bridgehead atoms. The van der Waals surface area contributed by atoms with E-state index in [0.29, 0.717) is 12.3 Å². The van der Waals surface area contributed by atoms with Crippen LogP contribution in [0.5, 0.6) is 0 Å². The van der Waals surface area contributed by atoms with E-state index in [1.165, 1.54) is 0 Å². The first-order valence-corrected chi connectivity index (χ1v) is 10.8. The van der Waals surface area contributed by atoms with Crippen molar-refractivity contribution in [3.8, 4) is 0 Å². The lowest BCUT2D eigenvalue weighted by Crippen LogP contribution is -2.40. The number of aliphatic hydroxyl groups is 2. The van der Waals surface area contributed by atoms with E-state index in [4.69, 9.17) is 15.2 Å². The van der Waals surface area contributed by atoms with Crippen molar-refractivity contribution < 1.29 is 29.3 Å². The van der Waals surface area contributed by atoms with Crippen LogP contribution in [0.4, 0.5) is 0 Å². The summed E-state index contributed by atoms with van der Waals surface area (Å²) in [5, 5.41) is 23.2. The van der Waals surface area contributed by atoms with Crippen molar-refractivity contribution in [2.45, 2.75) is 84.4 Å². The van der Waals surface area contributed by atoms with Crippen molar-refractivity contribution in [2.75, 3.05) is 19.6 Å². The largest absolute Gasteiger partial charge is 0.462 e. The molecule has 0 aromatic heterocycles. The van der Waals surface area contributed by atoms with Gasteiger partial charge in [0, 0.05) is 13.0 Å². The molecule has 7 atom stereocenters. The summed E-state index contributed by atoms with van der Waals surface area (Å²) in [4.78, 5) is 24.8. The van der Waals surface area contributed by atoms with Gasteiger partial charge in [0.15, 0.2) is 6.29 Å². The Kier molecular flexibility index (Phi) is 11.9. The fourth-order valence-electron chi connectivity index (χ4n) is 3.77. The van der Waals surface area contributed by atoms with Crippen LogP contribution in [0, 0.1) is 17.8 Å². The molecule has 0 aliphatic carbocycles. The zero-order valence-corrected chi connectivity index (χ0v) is 18.3. The summed E-state index contributed by atoms with van der Waals surface area (Å²) in [5.41, 5.74) is 5.38. The summed E-state index contributed by atoms with van der Waals surface area (Å²) >= 11 is 0. The number of esters is 1. The molecule has 8 nitrogen and oxygen atoms in total. The summed E-state index contributed by atoms with van der Waals surface area (Å²) in [6.07, 6.45) is -1.55. The van der Waals surface area contributed by atoms with Gasteiger partial charge >= 0.3 is 5.97 Å².